The van der Waals surface area contributed by atoms with E-state index in [0.717, 1.165) is 18.5 Å². The van der Waals surface area contributed by atoms with Gasteiger partial charge >= 0.3 is 0 Å². The fourth-order valence-corrected chi connectivity index (χ4v) is 4.20. The topological polar surface area (TPSA) is 53.5 Å². The summed E-state index contributed by atoms with van der Waals surface area (Å²) in [5, 5.41) is 0.619. The van der Waals surface area contributed by atoms with E-state index in [4.69, 9.17) is 11.6 Å². The Hall–Kier alpha value is -2.40. The predicted octanol–water partition coefficient (Wildman–Crippen LogP) is 3.25. The van der Waals surface area contributed by atoms with Crippen LogP contribution in [-0.4, -0.2) is 46.7 Å². The highest BCUT2D eigenvalue weighted by Crippen LogP contribution is 2.59. The summed E-state index contributed by atoms with van der Waals surface area (Å²) in [6.07, 6.45) is 3.49. The summed E-state index contributed by atoms with van der Waals surface area (Å²) in [6, 6.07) is 12.7. The maximum Gasteiger partial charge on any atom is 0.253 e. The molecule has 1 aromatic heterocycles. The molecular formula is C21H22ClN3O2. The normalized spacial score (nSPS) is 23.5. The molecule has 2 heterocycles. The van der Waals surface area contributed by atoms with Crippen LogP contribution in [0.2, 0.25) is 5.02 Å². The molecule has 1 aliphatic carbocycles. The van der Waals surface area contributed by atoms with Gasteiger partial charge in [-0.25, -0.2) is 0 Å². The Morgan fingerprint density at radius 2 is 2.04 bits per heavy atom. The lowest BCUT2D eigenvalue weighted by molar-refractivity contribution is -0.132. The van der Waals surface area contributed by atoms with E-state index in [1.54, 1.807) is 35.4 Å². The number of likely N-dealkylation sites (tertiary alicyclic amines) is 1. The predicted molar refractivity (Wildman–Crippen MR) is 103 cm³/mol. The van der Waals surface area contributed by atoms with E-state index in [1.165, 1.54) is 0 Å². The molecule has 2 fully saturated rings. The first-order valence-electron chi connectivity index (χ1n) is 9.18. The highest BCUT2D eigenvalue weighted by molar-refractivity contribution is 6.30. The maximum absolute atomic E-state index is 12.8. The van der Waals surface area contributed by atoms with Crippen molar-refractivity contribution in [3.05, 3.63) is 64.9 Å². The smallest absolute Gasteiger partial charge is 0.253 e. The van der Waals surface area contributed by atoms with Crippen molar-refractivity contribution < 1.29 is 9.59 Å². The summed E-state index contributed by atoms with van der Waals surface area (Å²) in [5.74, 6) is 0.180. The van der Waals surface area contributed by atoms with Gasteiger partial charge in [0.15, 0.2) is 0 Å². The van der Waals surface area contributed by atoms with Gasteiger partial charge in [-0.1, -0.05) is 17.7 Å². The third kappa shape index (κ3) is 3.56. The molecule has 4 rings (SSSR count). The second-order valence-corrected chi connectivity index (χ2v) is 8.05. The van der Waals surface area contributed by atoms with Crippen LogP contribution < -0.4 is 0 Å². The molecule has 6 heteroatoms. The number of carbonyl (C=O) groups excluding carboxylic acids is 2. The summed E-state index contributed by atoms with van der Waals surface area (Å²) in [7, 11) is 1.83. The van der Waals surface area contributed by atoms with Crippen LogP contribution in [0.4, 0.5) is 0 Å². The van der Waals surface area contributed by atoms with E-state index in [0.29, 0.717) is 30.2 Å². The van der Waals surface area contributed by atoms with Crippen molar-refractivity contribution in [2.24, 2.45) is 11.3 Å². The highest BCUT2D eigenvalue weighted by atomic mass is 35.5. The molecule has 1 spiro atoms. The molecule has 2 amide bonds. The number of nitrogens with zero attached hydrogens (tertiary/aromatic N) is 3. The van der Waals surface area contributed by atoms with E-state index in [9.17, 15) is 9.59 Å². The van der Waals surface area contributed by atoms with Crippen LogP contribution in [-0.2, 0) is 11.3 Å². The monoisotopic (exact) mass is 383 g/mol. The van der Waals surface area contributed by atoms with Crippen molar-refractivity contribution in [2.75, 3.05) is 20.1 Å². The Bertz CT molecular complexity index is 855. The van der Waals surface area contributed by atoms with Gasteiger partial charge in [-0.05, 0) is 49.2 Å². The van der Waals surface area contributed by atoms with Gasteiger partial charge in [-0.2, -0.15) is 0 Å². The number of benzene rings is 1. The van der Waals surface area contributed by atoms with E-state index >= 15 is 0 Å². The quantitative estimate of drug-likeness (QED) is 0.814. The molecular weight excluding hydrogens is 362 g/mol. The minimum absolute atomic E-state index is 0.00855. The second-order valence-electron chi connectivity index (χ2n) is 7.62. The zero-order valence-electron chi connectivity index (χ0n) is 15.3. The van der Waals surface area contributed by atoms with Crippen LogP contribution in [0.5, 0.6) is 0 Å². The molecule has 27 heavy (non-hydrogen) atoms. The Morgan fingerprint density at radius 3 is 2.74 bits per heavy atom. The first-order chi connectivity index (χ1) is 13.0. The Morgan fingerprint density at radius 1 is 1.26 bits per heavy atom. The standard InChI is InChI=1S/C21H22ClN3O2/c1-24(13-17-4-2-3-10-23-17)20(27)18-12-21(18)9-11-25(14-21)19(26)15-5-7-16(22)8-6-15/h2-8,10,18H,9,11-14H2,1H3/t18-,21-/m0/s1. The van der Waals surface area contributed by atoms with Crippen molar-refractivity contribution >= 4 is 23.4 Å². The van der Waals surface area contributed by atoms with Gasteiger partial charge in [0.25, 0.3) is 5.91 Å². The van der Waals surface area contributed by atoms with Gasteiger partial charge in [0.05, 0.1) is 12.2 Å². The molecule has 2 aromatic rings. The number of pyridine rings is 1. The van der Waals surface area contributed by atoms with Crippen molar-refractivity contribution in [2.45, 2.75) is 19.4 Å². The number of hydrogen-bond acceptors (Lipinski definition) is 3. The highest BCUT2D eigenvalue weighted by Gasteiger charge is 2.61. The van der Waals surface area contributed by atoms with Crippen LogP contribution in [0.15, 0.2) is 48.7 Å². The molecule has 1 aliphatic heterocycles. The van der Waals surface area contributed by atoms with Crippen molar-refractivity contribution in [3.8, 4) is 0 Å². The zero-order valence-corrected chi connectivity index (χ0v) is 16.0. The Labute approximate surface area is 163 Å². The third-order valence-electron chi connectivity index (χ3n) is 5.75. The van der Waals surface area contributed by atoms with Gasteiger partial charge in [0.2, 0.25) is 5.91 Å². The van der Waals surface area contributed by atoms with Gasteiger partial charge in [-0.15, -0.1) is 0 Å². The minimum atomic E-state index is -0.0441. The SMILES string of the molecule is CN(Cc1ccccn1)C(=O)[C@@H]1C[C@]12CCN(C(=O)c1ccc(Cl)cc1)C2. The Balaban J connectivity index is 1.37. The van der Waals surface area contributed by atoms with E-state index in [-0.39, 0.29) is 23.1 Å². The molecule has 2 atom stereocenters. The van der Waals surface area contributed by atoms with E-state index < -0.39 is 0 Å². The lowest BCUT2D eigenvalue weighted by Gasteiger charge is -2.19. The third-order valence-corrected chi connectivity index (χ3v) is 6.01. The molecule has 1 saturated carbocycles. The number of hydrogen-bond donors (Lipinski definition) is 0. The van der Waals surface area contributed by atoms with Crippen LogP contribution in [0.1, 0.15) is 28.9 Å². The fourth-order valence-electron chi connectivity index (χ4n) is 4.07. The number of amides is 2. The van der Waals surface area contributed by atoms with Gasteiger partial charge in [0.1, 0.15) is 0 Å². The van der Waals surface area contributed by atoms with E-state index in [2.05, 4.69) is 4.98 Å². The number of aromatic nitrogens is 1. The summed E-state index contributed by atoms with van der Waals surface area (Å²) in [4.78, 5) is 33.5. The number of halogens is 1. The lowest BCUT2D eigenvalue weighted by Crippen LogP contribution is -2.32. The van der Waals surface area contributed by atoms with Crippen molar-refractivity contribution in [1.29, 1.82) is 0 Å². The van der Waals surface area contributed by atoms with Gasteiger partial charge in [0, 0.05) is 48.3 Å². The molecule has 0 bridgehead atoms. The molecule has 0 unspecified atom stereocenters. The summed E-state index contributed by atoms with van der Waals surface area (Å²) >= 11 is 5.90. The summed E-state index contributed by atoms with van der Waals surface area (Å²) in [6.45, 7) is 1.87. The molecule has 1 saturated heterocycles. The number of carbonyl (C=O) groups is 2. The van der Waals surface area contributed by atoms with Gasteiger partial charge < -0.3 is 9.80 Å². The van der Waals surface area contributed by atoms with Crippen LogP contribution in [0, 0.1) is 11.3 Å². The first-order valence-corrected chi connectivity index (χ1v) is 9.56. The van der Waals surface area contributed by atoms with Crippen molar-refractivity contribution in [3.63, 3.8) is 0 Å². The number of rotatable bonds is 4. The molecule has 5 nitrogen and oxygen atoms in total. The second kappa shape index (κ2) is 6.97. The largest absolute Gasteiger partial charge is 0.340 e. The first kappa shape index (κ1) is 18.0. The van der Waals surface area contributed by atoms with E-state index in [1.807, 2.05) is 30.1 Å². The molecule has 0 N–H and O–H groups in total. The Kier molecular flexibility index (Phi) is 4.64. The lowest BCUT2D eigenvalue weighted by atomic mass is 10.0. The summed E-state index contributed by atoms with van der Waals surface area (Å²) in [5.41, 5.74) is 1.48. The fraction of sp³-hybridized carbons (Fsp3) is 0.381. The summed E-state index contributed by atoms with van der Waals surface area (Å²) < 4.78 is 0. The van der Waals surface area contributed by atoms with Crippen LogP contribution >= 0.6 is 11.6 Å². The van der Waals surface area contributed by atoms with Crippen LogP contribution in [0.25, 0.3) is 0 Å². The van der Waals surface area contributed by atoms with Crippen LogP contribution in [0.3, 0.4) is 0 Å². The average molecular weight is 384 g/mol. The maximum atomic E-state index is 12.8. The average Bonchev–Trinajstić information content (AvgIpc) is 3.21. The minimum Gasteiger partial charge on any atom is -0.340 e. The van der Waals surface area contributed by atoms with Gasteiger partial charge in [-0.3, -0.25) is 14.6 Å². The van der Waals surface area contributed by atoms with Crippen molar-refractivity contribution in [1.82, 2.24) is 14.8 Å². The molecule has 2 aliphatic rings. The zero-order chi connectivity index (χ0) is 19.0. The molecule has 0 radical (unpaired) electrons. The molecule has 1 aromatic carbocycles. The molecule has 140 valence electrons.